The van der Waals surface area contributed by atoms with Gasteiger partial charge in [0.05, 0.1) is 24.4 Å². The fraction of sp³-hybridized carbons (Fsp3) is 0.559. The van der Waals surface area contributed by atoms with E-state index in [0.717, 1.165) is 66.5 Å². The van der Waals surface area contributed by atoms with Crippen LogP contribution in [0.25, 0.3) is 0 Å². The number of allylic oxidation sites excluding steroid dienone is 3. The lowest BCUT2D eigenvalue weighted by Crippen LogP contribution is -2.52. The summed E-state index contributed by atoms with van der Waals surface area (Å²) in [5.41, 5.74) is 16.4. The molecule has 82 heavy (non-hydrogen) atoms. The number of aliphatic hydroxyl groups excluding tert-OH is 6. The van der Waals surface area contributed by atoms with Crippen molar-refractivity contribution in [3.63, 3.8) is 0 Å². The number of benzene rings is 3. The molecule has 440 valence electrons. The molecule has 0 bridgehead atoms. The average Bonchev–Trinajstić information content (AvgIpc) is 2.50. The number of hydrogen-bond donors (Lipinski definition) is 11. The number of nitrogens with two attached hydrogens (primary N) is 1. The molecule has 14 heteroatoms. The van der Waals surface area contributed by atoms with Crippen molar-refractivity contribution in [1.29, 1.82) is 0 Å². The number of phenolic OH excluding ortho intramolecular Hbond substituents is 1. The van der Waals surface area contributed by atoms with Crippen LogP contribution in [0.4, 0.5) is 0 Å². The Morgan fingerprint density at radius 2 is 1.70 bits per heavy atom. The summed E-state index contributed by atoms with van der Waals surface area (Å²) < 4.78 is 7.01. The van der Waals surface area contributed by atoms with Crippen molar-refractivity contribution in [2.75, 3.05) is 37.8 Å². The summed E-state index contributed by atoms with van der Waals surface area (Å²) in [7, 11) is 3.25. The van der Waals surface area contributed by atoms with Crippen LogP contribution in [-0.4, -0.2) is 115 Å². The zero-order valence-electron chi connectivity index (χ0n) is 47.8. The molecule has 7 aliphatic rings. The van der Waals surface area contributed by atoms with Crippen LogP contribution in [0.5, 0.6) is 11.5 Å². The molecule has 1 spiro atoms. The Labute approximate surface area is 493 Å². The van der Waals surface area contributed by atoms with E-state index in [1.54, 1.807) is 28.5 Å². The van der Waals surface area contributed by atoms with E-state index in [1.165, 1.54) is 22.3 Å². The zero-order chi connectivity index (χ0) is 57.1. The summed E-state index contributed by atoms with van der Waals surface area (Å²) >= 11 is 0. The first-order chi connectivity index (χ1) is 39.8. The number of aliphatic hydroxyl groups is 6. The Hall–Kier alpha value is -4.66. The lowest BCUT2D eigenvalue weighted by molar-refractivity contribution is -0.0320. The Morgan fingerprint density at radius 3 is 2.46 bits per heavy atom. The lowest BCUT2D eigenvalue weighted by Gasteiger charge is -2.54. The molecule has 12 N–H and O–H groups in total. The number of H-pyrrole nitrogens is 1. The summed E-state index contributed by atoms with van der Waals surface area (Å²) in [6.45, 7) is 4.71. The van der Waals surface area contributed by atoms with Crippen LogP contribution in [0.2, 0.25) is 0 Å². The highest BCUT2D eigenvalue weighted by Crippen LogP contribution is 2.59. The molecule has 0 amide bonds. The number of fused-ring (bicyclic) bond motifs is 7. The fourth-order valence-electron chi connectivity index (χ4n) is 16.2. The molecule has 1 saturated carbocycles. The number of aromatic amines is 1. The number of aromatic nitrogens is 1. The fourth-order valence-corrected chi connectivity index (χ4v) is 18.7. The largest absolute Gasteiger partial charge is 0.504 e. The maximum atomic E-state index is 12.9. The van der Waals surface area contributed by atoms with Gasteiger partial charge in [-0.2, -0.15) is 0 Å². The second-order valence-corrected chi connectivity index (χ2v) is 27.8. The van der Waals surface area contributed by atoms with Crippen molar-refractivity contribution < 1.29 is 40.5 Å². The summed E-state index contributed by atoms with van der Waals surface area (Å²) in [6.07, 6.45) is 11.3. The second-order valence-electron chi connectivity index (χ2n) is 25.3. The molecule has 2 aliphatic heterocycles. The minimum atomic E-state index is -1.08. The van der Waals surface area contributed by atoms with Gasteiger partial charge in [-0.05, 0) is 178 Å². The van der Waals surface area contributed by atoms with E-state index in [2.05, 4.69) is 107 Å². The maximum Gasteiger partial charge on any atom is 0.161 e. The molecule has 3 heterocycles. The number of nitrogens with one attached hydrogen (secondary N) is 3. The Kier molecular flexibility index (Phi) is 19.0. The van der Waals surface area contributed by atoms with E-state index in [-0.39, 0.29) is 72.2 Å². The van der Waals surface area contributed by atoms with Gasteiger partial charge in [-0.15, -0.1) is 0 Å². The van der Waals surface area contributed by atoms with Crippen molar-refractivity contribution >= 4 is 21.6 Å². The molecular weight excluding hydrogens is 1060 g/mol. The Balaban J connectivity index is 0.989. The third kappa shape index (κ3) is 12.5. The minimum absolute atomic E-state index is 0.00262. The van der Waals surface area contributed by atoms with E-state index < -0.39 is 53.7 Å². The van der Waals surface area contributed by atoms with Gasteiger partial charge < -0.3 is 61.8 Å². The molecule has 3 aromatic carbocycles. The zero-order valence-corrected chi connectivity index (χ0v) is 49.5. The monoisotopic (exact) mass is 1150 g/mol. The SMILES string of the molecule is CC[C@@H]1Cc2cc(O)c(O[C@@H]3C[C@H](Cc4ccc[nH]4)C4=CCNC(N)=C4CSSC[C@H](CO)[C@H]3O)cc2[C@H]2C[C@@H](O)[C@@H]3[C@@H](C#C[C@@]4(C[C@@H](NC[C@H](C)O)CC[C@@H]3O)C[C@H](c3ccccc3)[C@@H]3Cc5ccccc5CCC[C@H]3[C@@H]4CO)C=C12. The molecule has 1 aromatic heterocycles. The van der Waals surface area contributed by atoms with Crippen LogP contribution in [0.3, 0.4) is 0 Å². The van der Waals surface area contributed by atoms with Crippen molar-refractivity contribution in [3.8, 4) is 23.3 Å². The lowest BCUT2D eigenvalue weighted by atomic mass is 9.50. The van der Waals surface area contributed by atoms with Crippen LogP contribution in [-0.2, 0) is 25.7 Å². The third-order valence-electron chi connectivity index (χ3n) is 20.4. The molecule has 11 rings (SSSR count). The summed E-state index contributed by atoms with van der Waals surface area (Å²) in [5, 5.41) is 90.5. The topological polar surface area (TPSA) is 217 Å². The number of hydrogen-bond acceptors (Lipinski definition) is 13. The van der Waals surface area contributed by atoms with Gasteiger partial charge in [-0.25, -0.2) is 0 Å². The van der Waals surface area contributed by atoms with E-state index in [0.29, 0.717) is 75.4 Å². The number of phenols is 1. The molecule has 12 nitrogen and oxygen atoms in total. The molecule has 5 aliphatic carbocycles. The number of dihydropyridines is 1. The molecule has 1 saturated heterocycles. The van der Waals surface area contributed by atoms with E-state index >= 15 is 0 Å². The van der Waals surface area contributed by atoms with Crippen molar-refractivity contribution in [2.24, 2.45) is 58.5 Å². The number of rotatable bonds is 11. The summed E-state index contributed by atoms with van der Waals surface area (Å²) in [4.78, 5) is 3.39. The number of ether oxygens (including phenoxy) is 1. The molecule has 4 aromatic rings. The molecule has 2 fully saturated rings. The number of aromatic hydroxyl groups is 1. The molecular formula is C68H88N4O8S2. The smallest absolute Gasteiger partial charge is 0.161 e. The van der Waals surface area contributed by atoms with Crippen molar-refractivity contribution in [2.45, 2.75) is 146 Å². The van der Waals surface area contributed by atoms with Crippen LogP contribution in [0, 0.1) is 64.6 Å². The Morgan fingerprint density at radius 1 is 0.878 bits per heavy atom. The van der Waals surface area contributed by atoms with E-state index in [1.807, 2.05) is 24.4 Å². The third-order valence-corrected chi connectivity index (χ3v) is 22.8. The van der Waals surface area contributed by atoms with E-state index in [4.69, 9.17) is 10.5 Å². The number of aryl methyl sites for hydroxylation is 1. The summed E-state index contributed by atoms with van der Waals surface area (Å²) in [6, 6.07) is 27.6. The normalized spacial score (nSPS) is 34.5. The van der Waals surface area contributed by atoms with Crippen LogP contribution in [0.15, 0.2) is 120 Å². The molecule has 0 unspecified atom stereocenters. The van der Waals surface area contributed by atoms with Crippen LogP contribution in [0.1, 0.15) is 117 Å². The highest BCUT2D eigenvalue weighted by Gasteiger charge is 2.54. The van der Waals surface area contributed by atoms with Gasteiger partial charge in [0.15, 0.2) is 11.5 Å². The van der Waals surface area contributed by atoms with Gasteiger partial charge in [0, 0.05) is 96.3 Å². The minimum Gasteiger partial charge on any atom is -0.504 e. The highest BCUT2D eigenvalue weighted by molar-refractivity contribution is 8.76. The van der Waals surface area contributed by atoms with E-state index in [9.17, 15) is 35.7 Å². The molecule has 17 atom stereocenters. The Bertz CT molecular complexity index is 2980. The van der Waals surface area contributed by atoms with Crippen LogP contribution >= 0.6 is 21.6 Å². The van der Waals surface area contributed by atoms with Gasteiger partial charge in [0.2, 0.25) is 0 Å². The maximum absolute atomic E-state index is 12.9. The standard InChI is InChI=1S/C68H88N4O8S2/c1-3-41-25-46-29-61(77)63(80-64-30-47(26-49-16-10-23-70-49)51-21-24-71-67(69)58(51)39-82-81-38-48(36-73)66(64)79)32-54(46)56-31-62(78)65-45(28-53(41)56)20-22-68(33-50(18-19-60(65)76)72-35-40(2)75)34-57(43-12-5-4-6-13-43)55-27-44-14-8-7-11-42(44)15-9-17-52(55)59(68)37-74/h4-8,10-14,16,21,23,28-29,32,40-41,45,47-48,50,52,55-57,59-60,62,64-66,70-79H,3,9,15,17-19,24-27,30-31,33-39,69H2,1-2H3/t40-,41+,45-,47-,48-,50-,52+,55+,56-,57+,59-,60-,62+,64+,65+,66+,68+/m0/s1. The average molecular weight is 1150 g/mol. The predicted molar refractivity (Wildman–Crippen MR) is 328 cm³/mol. The van der Waals surface area contributed by atoms with Crippen molar-refractivity contribution in [1.82, 2.24) is 15.6 Å². The quantitative estimate of drug-likeness (QED) is 0.0385. The predicted octanol–water partition coefficient (Wildman–Crippen LogP) is 8.85. The first-order valence-electron chi connectivity index (χ1n) is 30.7. The van der Waals surface area contributed by atoms with Crippen LogP contribution < -0.4 is 21.1 Å². The highest BCUT2D eigenvalue weighted by atomic mass is 33.1. The van der Waals surface area contributed by atoms with Gasteiger partial charge in [-0.1, -0.05) is 113 Å². The van der Waals surface area contributed by atoms with Gasteiger partial charge in [0.25, 0.3) is 0 Å². The first kappa shape index (κ1) is 59.1. The summed E-state index contributed by atoms with van der Waals surface area (Å²) in [5.74, 6) is 8.54. The van der Waals surface area contributed by atoms with Crippen molar-refractivity contribution in [3.05, 3.63) is 153 Å². The molecule has 0 radical (unpaired) electrons. The van der Waals surface area contributed by atoms with Gasteiger partial charge >= 0.3 is 0 Å². The van der Waals surface area contributed by atoms with Gasteiger partial charge in [0.1, 0.15) is 11.9 Å². The van der Waals surface area contributed by atoms with Gasteiger partial charge in [-0.3, -0.25) is 0 Å². The second kappa shape index (κ2) is 26.3. The first-order valence-corrected chi connectivity index (χ1v) is 33.2.